The van der Waals surface area contributed by atoms with E-state index in [1.54, 1.807) is 7.11 Å². The molecule has 2 rings (SSSR count). The molecular weight excluding hydrogens is 262 g/mol. The number of hydrogen-bond donors (Lipinski definition) is 1. The molecule has 2 aromatic rings. The van der Waals surface area contributed by atoms with Crippen LogP contribution < -0.4 is 14.8 Å². The minimum absolute atomic E-state index is 0.114. The fraction of sp³-hybridized carbons (Fsp3) is 0.333. The molecule has 0 saturated carbocycles. The van der Waals surface area contributed by atoms with Gasteiger partial charge in [-0.25, -0.2) is 0 Å². The van der Waals surface area contributed by atoms with Gasteiger partial charge in [-0.05, 0) is 37.2 Å². The molecule has 0 aliphatic rings. The summed E-state index contributed by atoms with van der Waals surface area (Å²) in [5.41, 5.74) is 2.36. The highest BCUT2D eigenvalue weighted by Crippen LogP contribution is 2.30. The quantitative estimate of drug-likeness (QED) is 0.839. The van der Waals surface area contributed by atoms with Crippen molar-refractivity contribution >= 4 is 0 Å². The Labute approximate surface area is 126 Å². The van der Waals surface area contributed by atoms with Crippen LogP contribution in [-0.2, 0) is 0 Å². The van der Waals surface area contributed by atoms with Crippen molar-refractivity contribution in [1.29, 1.82) is 0 Å². The summed E-state index contributed by atoms with van der Waals surface area (Å²) in [6.45, 7) is 5.67. The van der Waals surface area contributed by atoms with E-state index < -0.39 is 0 Å². The van der Waals surface area contributed by atoms with Crippen LogP contribution in [0.5, 0.6) is 11.5 Å². The molecule has 0 bridgehead atoms. The number of ether oxygens (including phenoxy) is 2. The summed E-state index contributed by atoms with van der Waals surface area (Å²) in [6.07, 6.45) is 0. The Morgan fingerprint density at radius 3 is 2.33 bits per heavy atom. The van der Waals surface area contributed by atoms with E-state index in [4.69, 9.17) is 9.47 Å². The minimum Gasteiger partial charge on any atom is -0.497 e. The molecule has 112 valence electrons. The van der Waals surface area contributed by atoms with E-state index in [1.165, 1.54) is 5.56 Å². The fourth-order valence-corrected chi connectivity index (χ4v) is 2.41. The molecule has 21 heavy (non-hydrogen) atoms. The predicted molar refractivity (Wildman–Crippen MR) is 86.1 cm³/mol. The average molecular weight is 285 g/mol. The lowest BCUT2D eigenvalue weighted by atomic mass is 9.97. The van der Waals surface area contributed by atoms with E-state index in [0.717, 1.165) is 23.6 Å². The number of para-hydroxylation sites is 1. The summed E-state index contributed by atoms with van der Waals surface area (Å²) < 4.78 is 11.0. The van der Waals surface area contributed by atoms with Crippen molar-refractivity contribution < 1.29 is 9.47 Å². The first-order valence-corrected chi connectivity index (χ1v) is 7.39. The lowest BCUT2D eigenvalue weighted by molar-refractivity contribution is 0.333. The van der Waals surface area contributed by atoms with E-state index in [9.17, 15) is 0 Å². The molecule has 0 heterocycles. The SMILES string of the molecule is CCNC(c1ccc(OC)cc1)c1ccccc1OCC. The first kappa shape index (κ1) is 15.4. The second-order valence-electron chi connectivity index (χ2n) is 4.73. The molecule has 0 saturated heterocycles. The van der Waals surface area contributed by atoms with Gasteiger partial charge in [0.1, 0.15) is 11.5 Å². The number of nitrogens with one attached hydrogen (secondary N) is 1. The molecule has 0 aromatic heterocycles. The maximum Gasteiger partial charge on any atom is 0.124 e. The Kier molecular flexibility index (Phi) is 5.64. The van der Waals surface area contributed by atoms with Crippen molar-refractivity contribution in [3.05, 3.63) is 59.7 Å². The number of benzene rings is 2. The van der Waals surface area contributed by atoms with Crippen LogP contribution in [0.1, 0.15) is 31.0 Å². The van der Waals surface area contributed by atoms with Gasteiger partial charge in [-0.2, -0.15) is 0 Å². The standard InChI is InChI=1S/C18H23NO2/c1-4-19-18(14-10-12-15(20-3)13-11-14)16-8-6-7-9-17(16)21-5-2/h6-13,18-19H,4-5H2,1-3H3. The molecule has 0 aliphatic carbocycles. The van der Waals surface area contributed by atoms with Crippen LogP contribution in [0, 0.1) is 0 Å². The molecule has 3 heteroatoms. The van der Waals surface area contributed by atoms with E-state index in [-0.39, 0.29) is 6.04 Å². The smallest absolute Gasteiger partial charge is 0.124 e. The van der Waals surface area contributed by atoms with E-state index in [1.807, 2.05) is 37.3 Å². The van der Waals surface area contributed by atoms with Crippen molar-refractivity contribution in [1.82, 2.24) is 5.32 Å². The Morgan fingerprint density at radius 1 is 1.00 bits per heavy atom. The van der Waals surface area contributed by atoms with E-state index >= 15 is 0 Å². The van der Waals surface area contributed by atoms with Gasteiger partial charge in [0, 0.05) is 5.56 Å². The highest BCUT2D eigenvalue weighted by atomic mass is 16.5. The molecule has 0 amide bonds. The maximum absolute atomic E-state index is 5.77. The number of rotatable bonds is 7. The van der Waals surface area contributed by atoms with Gasteiger partial charge in [-0.3, -0.25) is 0 Å². The number of methoxy groups -OCH3 is 1. The summed E-state index contributed by atoms with van der Waals surface area (Å²) in [6, 6.07) is 16.5. The van der Waals surface area contributed by atoms with Gasteiger partial charge in [-0.1, -0.05) is 37.3 Å². The molecule has 0 aliphatic heterocycles. The largest absolute Gasteiger partial charge is 0.497 e. The Morgan fingerprint density at radius 2 is 1.71 bits per heavy atom. The third kappa shape index (κ3) is 3.76. The summed E-state index contributed by atoms with van der Waals surface area (Å²) in [7, 11) is 1.68. The van der Waals surface area contributed by atoms with Crippen LogP contribution in [0.2, 0.25) is 0 Å². The molecule has 0 fully saturated rings. The zero-order valence-electron chi connectivity index (χ0n) is 12.9. The first-order chi connectivity index (χ1) is 10.3. The molecule has 0 spiro atoms. The zero-order valence-corrected chi connectivity index (χ0v) is 12.9. The van der Waals surface area contributed by atoms with E-state index in [2.05, 4.69) is 30.4 Å². The summed E-state index contributed by atoms with van der Waals surface area (Å²) in [4.78, 5) is 0. The lowest BCUT2D eigenvalue weighted by Crippen LogP contribution is -2.22. The van der Waals surface area contributed by atoms with Crippen molar-refractivity contribution in [3.8, 4) is 11.5 Å². The summed E-state index contributed by atoms with van der Waals surface area (Å²) >= 11 is 0. The molecule has 2 aromatic carbocycles. The molecule has 1 atom stereocenters. The average Bonchev–Trinajstić information content (AvgIpc) is 2.54. The summed E-state index contributed by atoms with van der Waals surface area (Å²) in [5, 5.41) is 3.53. The normalized spacial score (nSPS) is 12.0. The second-order valence-corrected chi connectivity index (χ2v) is 4.73. The van der Waals surface area contributed by atoms with Crippen LogP contribution in [-0.4, -0.2) is 20.3 Å². The van der Waals surface area contributed by atoms with Gasteiger partial charge < -0.3 is 14.8 Å². The van der Waals surface area contributed by atoms with Gasteiger partial charge in [-0.15, -0.1) is 0 Å². The number of hydrogen-bond acceptors (Lipinski definition) is 3. The van der Waals surface area contributed by atoms with Crippen molar-refractivity contribution in [2.75, 3.05) is 20.3 Å². The first-order valence-electron chi connectivity index (χ1n) is 7.39. The lowest BCUT2D eigenvalue weighted by Gasteiger charge is -2.22. The summed E-state index contributed by atoms with van der Waals surface area (Å²) in [5.74, 6) is 1.80. The highest BCUT2D eigenvalue weighted by Gasteiger charge is 2.17. The maximum atomic E-state index is 5.77. The molecule has 1 N–H and O–H groups in total. The minimum atomic E-state index is 0.114. The topological polar surface area (TPSA) is 30.5 Å². The second kappa shape index (κ2) is 7.70. The Hall–Kier alpha value is -2.00. The van der Waals surface area contributed by atoms with E-state index in [0.29, 0.717) is 6.61 Å². The van der Waals surface area contributed by atoms with Gasteiger partial charge >= 0.3 is 0 Å². The van der Waals surface area contributed by atoms with Gasteiger partial charge in [0.05, 0.1) is 19.8 Å². The molecule has 3 nitrogen and oxygen atoms in total. The monoisotopic (exact) mass is 285 g/mol. The molecule has 0 radical (unpaired) electrons. The van der Waals surface area contributed by atoms with Crippen molar-refractivity contribution in [3.63, 3.8) is 0 Å². The molecular formula is C18H23NO2. The van der Waals surface area contributed by atoms with Crippen LogP contribution in [0.25, 0.3) is 0 Å². The Balaban J connectivity index is 2.37. The fourth-order valence-electron chi connectivity index (χ4n) is 2.41. The van der Waals surface area contributed by atoms with Gasteiger partial charge in [0.2, 0.25) is 0 Å². The molecule has 1 unspecified atom stereocenters. The van der Waals surface area contributed by atoms with Crippen molar-refractivity contribution in [2.45, 2.75) is 19.9 Å². The van der Waals surface area contributed by atoms with Gasteiger partial charge in [0.15, 0.2) is 0 Å². The van der Waals surface area contributed by atoms with Gasteiger partial charge in [0.25, 0.3) is 0 Å². The predicted octanol–water partition coefficient (Wildman–Crippen LogP) is 3.79. The van der Waals surface area contributed by atoms with Crippen LogP contribution >= 0.6 is 0 Å². The third-order valence-electron chi connectivity index (χ3n) is 3.39. The van der Waals surface area contributed by atoms with Crippen LogP contribution in [0.15, 0.2) is 48.5 Å². The van der Waals surface area contributed by atoms with Crippen LogP contribution in [0.4, 0.5) is 0 Å². The highest BCUT2D eigenvalue weighted by molar-refractivity contribution is 5.42. The van der Waals surface area contributed by atoms with Crippen LogP contribution in [0.3, 0.4) is 0 Å². The third-order valence-corrected chi connectivity index (χ3v) is 3.39. The Bertz CT molecular complexity index is 551. The van der Waals surface area contributed by atoms with Crippen molar-refractivity contribution in [2.24, 2.45) is 0 Å². The zero-order chi connectivity index (χ0) is 15.1.